The molecule has 0 bridgehead atoms. The quantitative estimate of drug-likeness (QED) is 0.858. The molecule has 0 aliphatic carbocycles. The second-order valence-electron chi connectivity index (χ2n) is 5.30. The number of nitrogens with zero attached hydrogens (tertiary/aromatic N) is 1. The molecule has 0 amide bonds. The Morgan fingerprint density at radius 3 is 2.81 bits per heavy atom. The van der Waals surface area contributed by atoms with Crippen molar-refractivity contribution in [3.05, 3.63) is 28.8 Å². The summed E-state index contributed by atoms with van der Waals surface area (Å²) >= 11 is 6.03. The highest BCUT2D eigenvalue weighted by molar-refractivity contribution is 6.30. The number of rotatable bonds is 2. The molecule has 16 heavy (non-hydrogen) atoms. The summed E-state index contributed by atoms with van der Waals surface area (Å²) in [4.78, 5) is 2.22. The van der Waals surface area contributed by atoms with Crippen LogP contribution in [0.15, 0.2) is 18.2 Å². The standard InChI is InChI=1S/C13H18ClNO/c1-13(2,16)7-9-8-15(3)12-5-4-10(14)6-11(9)12/h4-6,9,16H,7-8H2,1-3H3. The van der Waals surface area contributed by atoms with Gasteiger partial charge in [0.1, 0.15) is 0 Å². The van der Waals surface area contributed by atoms with Gasteiger partial charge < -0.3 is 10.0 Å². The Morgan fingerprint density at radius 2 is 2.19 bits per heavy atom. The Kier molecular flexibility index (Phi) is 2.89. The van der Waals surface area contributed by atoms with Gasteiger partial charge in [0.05, 0.1) is 5.60 Å². The molecule has 88 valence electrons. The van der Waals surface area contributed by atoms with Crippen molar-refractivity contribution in [2.75, 3.05) is 18.5 Å². The number of hydrogen-bond acceptors (Lipinski definition) is 2. The van der Waals surface area contributed by atoms with Crippen LogP contribution in [0.2, 0.25) is 5.02 Å². The predicted molar refractivity (Wildman–Crippen MR) is 68.4 cm³/mol. The first-order chi connectivity index (χ1) is 7.37. The minimum absolute atomic E-state index is 0.374. The highest BCUT2D eigenvalue weighted by Gasteiger charge is 2.30. The first kappa shape index (κ1) is 11.7. The van der Waals surface area contributed by atoms with Gasteiger partial charge in [-0.3, -0.25) is 0 Å². The average Bonchev–Trinajstić information content (AvgIpc) is 2.40. The van der Waals surface area contributed by atoms with Gasteiger partial charge in [-0.2, -0.15) is 0 Å². The molecule has 1 atom stereocenters. The van der Waals surface area contributed by atoms with Gasteiger partial charge in [-0.05, 0) is 44.0 Å². The van der Waals surface area contributed by atoms with Crippen LogP contribution < -0.4 is 4.90 Å². The third-order valence-electron chi connectivity index (χ3n) is 3.08. The van der Waals surface area contributed by atoms with Crippen LogP contribution in [0.3, 0.4) is 0 Å². The maximum absolute atomic E-state index is 9.91. The van der Waals surface area contributed by atoms with Gasteiger partial charge in [0, 0.05) is 30.2 Å². The molecule has 0 saturated heterocycles. The van der Waals surface area contributed by atoms with E-state index < -0.39 is 5.60 Å². The summed E-state index contributed by atoms with van der Waals surface area (Å²) in [5.41, 5.74) is 1.87. The SMILES string of the molecule is CN1CC(CC(C)(C)O)c2cc(Cl)ccc21. The van der Waals surface area contributed by atoms with Gasteiger partial charge in [-0.25, -0.2) is 0 Å². The number of fused-ring (bicyclic) bond motifs is 1. The van der Waals surface area contributed by atoms with E-state index in [4.69, 9.17) is 11.6 Å². The zero-order valence-electron chi connectivity index (χ0n) is 10.00. The lowest BCUT2D eigenvalue weighted by molar-refractivity contribution is 0.0645. The van der Waals surface area contributed by atoms with E-state index in [9.17, 15) is 5.11 Å². The molecule has 1 aromatic carbocycles. The summed E-state index contributed by atoms with van der Waals surface area (Å²) in [6.45, 7) is 4.67. The van der Waals surface area contributed by atoms with Crippen LogP contribution in [0.1, 0.15) is 31.7 Å². The maximum atomic E-state index is 9.91. The van der Waals surface area contributed by atoms with Gasteiger partial charge in [0.2, 0.25) is 0 Å². The molecular formula is C13H18ClNO. The fourth-order valence-corrected chi connectivity index (χ4v) is 2.69. The third-order valence-corrected chi connectivity index (χ3v) is 3.32. The molecule has 1 aromatic rings. The minimum Gasteiger partial charge on any atom is -0.390 e. The topological polar surface area (TPSA) is 23.5 Å². The van der Waals surface area contributed by atoms with E-state index in [0.29, 0.717) is 5.92 Å². The van der Waals surface area contributed by atoms with Crippen LogP contribution in [0, 0.1) is 0 Å². The second kappa shape index (κ2) is 3.94. The molecule has 0 aromatic heterocycles. The first-order valence-corrected chi connectivity index (χ1v) is 5.97. The Bertz CT molecular complexity index is 397. The van der Waals surface area contributed by atoms with Crippen molar-refractivity contribution in [2.24, 2.45) is 0 Å². The zero-order chi connectivity index (χ0) is 11.9. The molecule has 2 rings (SSSR count). The number of anilines is 1. The summed E-state index contributed by atoms with van der Waals surface area (Å²) in [6, 6.07) is 6.00. The predicted octanol–water partition coefficient (Wildman–Crippen LogP) is 3.03. The van der Waals surface area contributed by atoms with E-state index in [2.05, 4.69) is 18.0 Å². The lowest BCUT2D eigenvalue weighted by Crippen LogP contribution is -2.24. The molecular weight excluding hydrogens is 222 g/mol. The van der Waals surface area contributed by atoms with Crippen molar-refractivity contribution < 1.29 is 5.11 Å². The fraction of sp³-hybridized carbons (Fsp3) is 0.538. The van der Waals surface area contributed by atoms with Crippen molar-refractivity contribution in [3.8, 4) is 0 Å². The van der Waals surface area contributed by atoms with Gasteiger partial charge in [-0.1, -0.05) is 11.6 Å². The summed E-state index contributed by atoms with van der Waals surface area (Å²) in [6.07, 6.45) is 0.769. The van der Waals surface area contributed by atoms with E-state index in [1.165, 1.54) is 11.3 Å². The molecule has 0 radical (unpaired) electrons. The summed E-state index contributed by atoms with van der Waals surface area (Å²) in [7, 11) is 2.08. The number of likely N-dealkylation sites (N-methyl/N-ethyl adjacent to an activating group) is 1. The third kappa shape index (κ3) is 2.33. The van der Waals surface area contributed by atoms with Crippen LogP contribution in [-0.4, -0.2) is 24.3 Å². The Balaban J connectivity index is 2.31. The molecule has 0 saturated carbocycles. The largest absolute Gasteiger partial charge is 0.390 e. The molecule has 2 nitrogen and oxygen atoms in total. The van der Waals surface area contributed by atoms with Gasteiger partial charge in [0.25, 0.3) is 0 Å². The number of benzene rings is 1. The fourth-order valence-electron chi connectivity index (χ4n) is 2.50. The molecule has 1 N–H and O–H groups in total. The van der Waals surface area contributed by atoms with E-state index in [1.54, 1.807) is 0 Å². The van der Waals surface area contributed by atoms with E-state index in [1.807, 2.05) is 26.0 Å². The molecule has 1 unspecified atom stereocenters. The zero-order valence-corrected chi connectivity index (χ0v) is 10.8. The van der Waals surface area contributed by atoms with Crippen molar-refractivity contribution in [1.82, 2.24) is 0 Å². The Hall–Kier alpha value is -0.730. The van der Waals surface area contributed by atoms with Crippen LogP contribution >= 0.6 is 11.6 Å². The van der Waals surface area contributed by atoms with Crippen LogP contribution in [0.4, 0.5) is 5.69 Å². The van der Waals surface area contributed by atoms with Gasteiger partial charge in [0.15, 0.2) is 0 Å². The number of aliphatic hydroxyl groups is 1. The molecule has 0 fully saturated rings. The molecule has 1 heterocycles. The van der Waals surface area contributed by atoms with Crippen molar-refractivity contribution >= 4 is 17.3 Å². The molecule has 3 heteroatoms. The summed E-state index contributed by atoms with van der Waals surface area (Å²) < 4.78 is 0. The smallest absolute Gasteiger partial charge is 0.0598 e. The van der Waals surface area contributed by atoms with Gasteiger partial charge in [-0.15, -0.1) is 0 Å². The number of hydrogen-bond donors (Lipinski definition) is 1. The maximum Gasteiger partial charge on any atom is 0.0598 e. The lowest BCUT2D eigenvalue weighted by Gasteiger charge is -2.22. The van der Waals surface area contributed by atoms with E-state index in [0.717, 1.165) is 18.0 Å². The molecule has 0 spiro atoms. The van der Waals surface area contributed by atoms with Crippen molar-refractivity contribution in [2.45, 2.75) is 31.8 Å². The minimum atomic E-state index is -0.630. The van der Waals surface area contributed by atoms with E-state index >= 15 is 0 Å². The Labute approximate surface area is 102 Å². The average molecular weight is 240 g/mol. The highest BCUT2D eigenvalue weighted by atomic mass is 35.5. The normalized spacial score (nSPS) is 20.1. The van der Waals surface area contributed by atoms with Gasteiger partial charge >= 0.3 is 0 Å². The number of halogens is 1. The summed E-state index contributed by atoms with van der Waals surface area (Å²) in [5.74, 6) is 0.374. The van der Waals surface area contributed by atoms with Crippen LogP contribution in [-0.2, 0) is 0 Å². The van der Waals surface area contributed by atoms with Crippen LogP contribution in [0.5, 0.6) is 0 Å². The lowest BCUT2D eigenvalue weighted by atomic mass is 9.89. The second-order valence-corrected chi connectivity index (χ2v) is 5.73. The van der Waals surface area contributed by atoms with Crippen molar-refractivity contribution in [1.29, 1.82) is 0 Å². The summed E-state index contributed by atoms with van der Waals surface area (Å²) in [5, 5.41) is 10.7. The Morgan fingerprint density at radius 1 is 1.50 bits per heavy atom. The van der Waals surface area contributed by atoms with Crippen LogP contribution in [0.25, 0.3) is 0 Å². The monoisotopic (exact) mass is 239 g/mol. The first-order valence-electron chi connectivity index (χ1n) is 5.60. The molecule has 1 aliphatic heterocycles. The van der Waals surface area contributed by atoms with E-state index in [-0.39, 0.29) is 0 Å². The van der Waals surface area contributed by atoms with Crippen molar-refractivity contribution in [3.63, 3.8) is 0 Å². The molecule has 1 aliphatic rings. The highest BCUT2D eigenvalue weighted by Crippen LogP contribution is 2.40.